The molecular formula is C18H18N4O. The van der Waals surface area contributed by atoms with Gasteiger partial charge in [-0.05, 0) is 48.4 Å². The van der Waals surface area contributed by atoms with E-state index in [1.54, 1.807) is 6.92 Å². The molecule has 0 aliphatic carbocycles. The summed E-state index contributed by atoms with van der Waals surface area (Å²) in [6, 6.07) is 12.4. The van der Waals surface area contributed by atoms with E-state index in [-0.39, 0.29) is 5.91 Å². The van der Waals surface area contributed by atoms with Crippen LogP contribution in [-0.4, -0.2) is 22.2 Å². The largest absolute Gasteiger partial charge is 0.355 e. The molecule has 0 saturated carbocycles. The van der Waals surface area contributed by atoms with Crippen LogP contribution in [0.15, 0.2) is 42.6 Å². The van der Waals surface area contributed by atoms with Crippen LogP contribution in [0.2, 0.25) is 0 Å². The van der Waals surface area contributed by atoms with E-state index in [0.29, 0.717) is 0 Å². The van der Waals surface area contributed by atoms with Crippen LogP contribution in [0.4, 0.5) is 17.1 Å². The predicted octanol–water partition coefficient (Wildman–Crippen LogP) is 3.23. The fourth-order valence-corrected chi connectivity index (χ4v) is 3.20. The Kier molecular flexibility index (Phi) is 3.08. The number of amides is 1. The number of benzene rings is 2. The normalized spacial score (nSPS) is 13.4. The second kappa shape index (κ2) is 5.12. The van der Waals surface area contributed by atoms with E-state index >= 15 is 0 Å². The number of carbonyl (C=O) groups is 1. The van der Waals surface area contributed by atoms with Crippen LogP contribution in [0.5, 0.6) is 0 Å². The highest BCUT2D eigenvalue weighted by Crippen LogP contribution is 2.32. The molecule has 0 saturated heterocycles. The van der Waals surface area contributed by atoms with Crippen LogP contribution in [-0.2, 0) is 18.3 Å². The molecule has 3 aromatic rings. The maximum absolute atomic E-state index is 11.6. The number of nitrogens with one attached hydrogen (secondary N) is 1. The fraction of sp³-hybridized carbons (Fsp3) is 0.222. The van der Waals surface area contributed by atoms with Crippen molar-refractivity contribution in [2.24, 2.45) is 7.05 Å². The molecular weight excluding hydrogens is 288 g/mol. The highest BCUT2D eigenvalue weighted by Gasteiger charge is 2.22. The molecule has 0 atom stereocenters. The third kappa shape index (κ3) is 2.34. The Hall–Kier alpha value is -2.82. The van der Waals surface area contributed by atoms with Crippen LogP contribution in [0.1, 0.15) is 12.5 Å². The van der Waals surface area contributed by atoms with Crippen molar-refractivity contribution in [1.29, 1.82) is 0 Å². The van der Waals surface area contributed by atoms with Crippen LogP contribution in [0, 0.1) is 0 Å². The SMILES string of the molecule is CC(=O)N1CCc2cc(Nc3ccc4cnn(C)c4c3)ccc21. The van der Waals surface area contributed by atoms with E-state index in [0.717, 1.165) is 40.9 Å². The fourth-order valence-electron chi connectivity index (χ4n) is 3.20. The minimum atomic E-state index is 0.103. The monoisotopic (exact) mass is 306 g/mol. The van der Waals surface area contributed by atoms with Crippen molar-refractivity contribution < 1.29 is 4.79 Å². The zero-order chi connectivity index (χ0) is 16.0. The minimum Gasteiger partial charge on any atom is -0.355 e. The number of nitrogens with zero attached hydrogens (tertiary/aromatic N) is 3. The predicted molar refractivity (Wildman–Crippen MR) is 92.2 cm³/mol. The molecule has 1 aromatic heterocycles. The molecule has 5 nitrogen and oxygen atoms in total. The summed E-state index contributed by atoms with van der Waals surface area (Å²) in [5.41, 5.74) is 5.41. The Labute approximate surface area is 134 Å². The first-order chi connectivity index (χ1) is 11.1. The molecule has 0 unspecified atom stereocenters. The first-order valence-corrected chi connectivity index (χ1v) is 7.71. The number of hydrogen-bond acceptors (Lipinski definition) is 3. The molecule has 1 N–H and O–H groups in total. The molecule has 2 aromatic carbocycles. The van der Waals surface area contributed by atoms with Crippen molar-refractivity contribution in [2.45, 2.75) is 13.3 Å². The molecule has 0 spiro atoms. The smallest absolute Gasteiger partial charge is 0.223 e. The molecule has 0 radical (unpaired) electrons. The first kappa shape index (κ1) is 13.8. The second-order valence-electron chi connectivity index (χ2n) is 5.93. The minimum absolute atomic E-state index is 0.103. The van der Waals surface area contributed by atoms with Gasteiger partial charge in [-0.15, -0.1) is 0 Å². The summed E-state index contributed by atoms with van der Waals surface area (Å²) in [5, 5.41) is 8.84. The average Bonchev–Trinajstić information content (AvgIpc) is 3.11. The molecule has 5 heteroatoms. The summed E-state index contributed by atoms with van der Waals surface area (Å²) in [6.45, 7) is 2.39. The number of fused-ring (bicyclic) bond motifs is 2. The molecule has 0 bridgehead atoms. The van der Waals surface area contributed by atoms with Crippen LogP contribution in [0.3, 0.4) is 0 Å². The topological polar surface area (TPSA) is 50.2 Å². The highest BCUT2D eigenvalue weighted by atomic mass is 16.2. The lowest BCUT2D eigenvalue weighted by Gasteiger charge is -2.15. The molecule has 1 amide bonds. The van der Waals surface area contributed by atoms with E-state index in [1.807, 2.05) is 35.0 Å². The quantitative estimate of drug-likeness (QED) is 0.791. The molecule has 1 aliphatic rings. The number of carbonyl (C=O) groups excluding carboxylic acids is 1. The van der Waals surface area contributed by atoms with E-state index in [2.05, 4.69) is 34.7 Å². The maximum atomic E-state index is 11.6. The molecule has 2 heterocycles. The van der Waals surface area contributed by atoms with Gasteiger partial charge in [0, 0.05) is 43.0 Å². The van der Waals surface area contributed by atoms with Gasteiger partial charge >= 0.3 is 0 Å². The molecule has 0 fully saturated rings. The van der Waals surface area contributed by atoms with E-state index in [1.165, 1.54) is 5.56 Å². The first-order valence-electron chi connectivity index (χ1n) is 7.71. The Morgan fingerprint density at radius 1 is 1.17 bits per heavy atom. The zero-order valence-electron chi connectivity index (χ0n) is 13.2. The summed E-state index contributed by atoms with van der Waals surface area (Å²) >= 11 is 0. The van der Waals surface area contributed by atoms with Gasteiger partial charge in [-0.3, -0.25) is 9.48 Å². The van der Waals surface area contributed by atoms with Gasteiger partial charge in [0.2, 0.25) is 5.91 Å². The third-order valence-electron chi connectivity index (χ3n) is 4.39. The van der Waals surface area contributed by atoms with Crippen molar-refractivity contribution in [3.05, 3.63) is 48.2 Å². The second-order valence-corrected chi connectivity index (χ2v) is 5.93. The van der Waals surface area contributed by atoms with Crippen molar-refractivity contribution in [3.8, 4) is 0 Å². The summed E-state index contributed by atoms with van der Waals surface area (Å²) in [5.74, 6) is 0.103. The third-order valence-corrected chi connectivity index (χ3v) is 4.39. The van der Waals surface area contributed by atoms with Crippen molar-refractivity contribution in [3.63, 3.8) is 0 Å². The van der Waals surface area contributed by atoms with Crippen molar-refractivity contribution >= 4 is 33.9 Å². The van der Waals surface area contributed by atoms with Gasteiger partial charge in [0.15, 0.2) is 0 Å². The summed E-state index contributed by atoms with van der Waals surface area (Å²) in [6.07, 6.45) is 2.77. The number of anilines is 3. The average molecular weight is 306 g/mol. The van der Waals surface area contributed by atoms with Crippen LogP contribution in [0.25, 0.3) is 10.9 Å². The van der Waals surface area contributed by atoms with Gasteiger partial charge in [-0.2, -0.15) is 5.10 Å². The molecule has 116 valence electrons. The van der Waals surface area contributed by atoms with Gasteiger partial charge in [0.05, 0.1) is 11.7 Å². The number of rotatable bonds is 2. The molecule has 4 rings (SSSR count). The van der Waals surface area contributed by atoms with E-state index in [4.69, 9.17) is 0 Å². The Balaban J connectivity index is 1.64. The van der Waals surface area contributed by atoms with Gasteiger partial charge in [-0.25, -0.2) is 0 Å². The Morgan fingerprint density at radius 3 is 2.78 bits per heavy atom. The lowest BCUT2D eigenvalue weighted by atomic mass is 10.1. The van der Waals surface area contributed by atoms with Gasteiger partial charge in [0.1, 0.15) is 0 Å². The van der Waals surface area contributed by atoms with Gasteiger partial charge in [0.25, 0.3) is 0 Å². The van der Waals surface area contributed by atoms with E-state index in [9.17, 15) is 4.79 Å². The van der Waals surface area contributed by atoms with Crippen LogP contribution >= 0.6 is 0 Å². The lowest BCUT2D eigenvalue weighted by Crippen LogP contribution is -2.25. The standard InChI is InChI=1S/C18H18N4O/c1-12(23)22-8-7-13-9-15(5-6-17(13)22)20-16-4-3-14-11-19-21(2)18(14)10-16/h3-6,9-11,20H,7-8H2,1-2H3. The van der Waals surface area contributed by atoms with Crippen molar-refractivity contribution in [2.75, 3.05) is 16.8 Å². The van der Waals surface area contributed by atoms with E-state index < -0.39 is 0 Å². The number of hydrogen-bond donors (Lipinski definition) is 1. The van der Waals surface area contributed by atoms with Gasteiger partial charge < -0.3 is 10.2 Å². The number of aryl methyl sites for hydroxylation is 1. The summed E-state index contributed by atoms with van der Waals surface area (Å²) in [7, 11) is 1.94. The molecule has 1 aliphatic heterocycles. The highest BCUT2D eigenvalue weighted by molar-refractivity contribution is 5.94. The number of aromatic nitrogens is 2. The maximum Gasteiger partial charge on any atom is 0.223 e. The lowest BCUT2D eigenvalue weighted by molar-refractivity contribution is -0.116. The zero-order valence-corrected chi connectivity index (χ0v) is 13.2. The Morgan fingerprint density at radius 2 is 1.96 bits per heavy atom. The van der Waals surface area contributed by atoms with Gasteiger partial charge in [-0.1, -0.05) is 0 Å². The molecule has 23 heavy (non-hydrogen) atoms. The van der Waals surface area contributed by atoms with Crippen molar-refractivity contribution in [1.82, 2.24) is 9.78 Å². The Bertz CT molecular complexity index is 913. The summed E-state index contributed by atoms with van der Waals surface area (Å²) < 4.78 is 1.87. The summed E-state index contributed by atoms with van der Waals surface area (Å²) in [4.78, 5) is 13.5. The van der Waals surface area contributed by atoms with Crippen LogP contribution < -0.4 is 10.2 Å².